The van der Waals surface area contributed by atoms with Crippen LogP contribution in [0.5, 0.6) is 0 Å². The second-order valence-corrected chi connectivity index (χ2v) is 4.35. The van der Waals surface area contributed by atoms with Crippen LogP contribution in [0.3, 0.4) is 0 Å². The molecule has 0 aliphatic carbocycles. The molecule has 0 fully saturated rings. The lowest BCUT2D eigenvalue weighted by Crippen LogP contribution is -2.32. The summed E-state index contributed by atoms with van der Waals surface area (Å²) in [5, 5.41) is 9.38. The third kappa shape index (κ3) is 4.64. The van der Waals surface area contributed by atoms with Gasteiger partial charge in [0.1, 0.15) is 0 Å². The average molecular weight is 214 g/mol. The average Bonchev–Trinajstić information content (AvgIpc) is 2.56. The van der Waals surface area contributed by atoms with Crippen LogP contribution in [0.25, 0.3) is 0 Å². The number of rotatable bonds is 6. The molecule has 0 radical (unpaired) electrons. The molecule has 4 nitrogen and oxygen atoms in total. The molecule has 0 unspecified atom stereocenters. The van der Waals surface area contributed by atoms with E-state index in [1.165, 1.54) is 11.5 Å². The van der Waals surface area contributed by atoms with Gasteiger partial charge in [-0.25, -0.2) is 0 Å². The summed E-state index contributed by atoms with van der Waals surface area (Å²) in [5.41, 5.74) is 1.06. The lowest BCUT2D eigenvalue weighted by molar-refractivity contribution is 0.316. The summed E-state index contributed by atoms with van der Waals surface area (Å²) in [4.78, 5) is 2.24. The zero-order valence-electron chi connectivity index (χ0n) is 9.03. The number of hydrogen-bond acceptors (Lipinski definition) is 5. The fourth-order valence-corrected chi connectivity index (χ4v) is 1.60. The van der Waals surface area contributed by atoms with Crippen LogP contribution < -0.4 is 5.32 Å². The van der Waals surface area contributed by atoms with Gasteiger partial charge in [-0.3, -0.25) is 4.90 Å². The van der Waals surface area contributed by atoms with Crippen LogP contribution in [0.2, 0.25) is 0 Å². The Hall–Kier alpha value is -0.520. The molecule has 0 atom stereocenters. The van der Waals surface area contributed by atoms with Crippen molar-refractivity contribution in [1.29, 1.82) is 0 Å². The van der Waals surface area contributed by atoms with E-state index in [1.807, 2.05) is 5.38 Å². The van der Waals surface area contributed by atoms with Crippen molar-refractivity contribution >= 4 is 11.5 Å². The van der Waals surface area contributed by atoms with Crippen molar-refractivity contribution in [2.75, 3.05) is 20.1 Å². The normalized spacial score (nSPS) is 11.5. The lowest BCUT2D eigenvalue weighted by atomic mass is 10.4. The topological polar surface area (TPSA) is 41.0 Å². The molecule has 0 aromatic carbocycles. The van der Waals surface area contributed by atoms with Gasteiger partial charge in [0.15, 0.2) is 0 Å². The van der Waals surface area contributed by atoms with Gasteiger partial charge in [0, 0.05) is 31.1 Å². The van der Waals surface area contributed by atoms with Crippen molar-refractivity contribution in [3.05, 3.63) is 11.1 Å². The SMILES string of the molecule is CC(C)NCCN(C)Cc1csnn1. The van der Waals surface area contributed by atoms with Gasteiger partial charge in [0.05, 0.1) is 5.69 Å². The quantitative estimate of drug-likeness (QED) is 0.766. The molecule has 0 amide bonds. The van der Waals surface area contributed by atoms with Gasteiger partial charge in [-0.1, -0.05) is 18.3 Å². The molecule has 1 N–H and O–H groups in total. The Kier molecular flexibility index (Phi) is 5.00. The minimum atomic E-state index is 0.560. The smallest absolute Gasteiger partial charge is 0.0895 e. The van der Waals surface area contributed by atoms with Crippen LogP contribution in [0, 0.1) is 0 Å². The molecular formula is C9H18N4S. The zero-order chi connectivity index (χ0) is 10.4. The monoisotopic (exact) mass is 214 g/mol. The highest BCUT2D eigenvalue weighted by Gasteiger charge is 2.02. The van der Waals surface area contributed by atoms with Gasteiger partial charge in [0.2, 0.25) is 0 Å². The Balaban J connectivity index is 2.13. The standard InChI is InChI=1S/C9H18N4S/c1-8(2)10-4-5-13(3)6-9-7-14-12-11-9/h7-8,10H,4-6H2,1-3H3. The Bertz CT molecular complexity index is 235. The number of likely N-dealkylation sites (N-methyl/N-ethyl adjacent to an activating group) is 1. The maximum absolute atomic E-state index is 4.01. The molecule has 0 aliphatic heterocycles. The van der Waals surface area contributed by atoms with Crippen LogP contribution >= 0.6 is 11.5 Å². The van der Waals surface area contributed by atoms with Gasteiger partial charge in [-0.2, -0.15) is 0 Å². The Morgan fingerprint density at radius 2 is 2.36 bits per heavy atom. The van der Waals surface area contributed by atoms with Crippen LogP contribution in [-0.2, 0) is 6.54 Å². The Labute approximate surface area is 89.5 Å². The Morgan fingerprint density at radius 1 is 1.57 bits per heavy atom. The van der Waals surface area contributed by atoms with Crippen molar-refractivity contribution < 1.29 is 0 Å². The summed E-state index contributed by atoms with van der Waals surface area (Å²) >= 11 is 1.41. The van der Waals surface area contributed by atoms with E-state index in [1.54, 1.807) is 0 Å². The third-order valence-corrected chi connectivity index (χ3v) is 2.44. The highest BCUT2D eigenvalue weighted by molar-refractivity contribution is 7.03. The van der Waals surface area contributed by atoms with Gasteiger partial charge >= 0.3 is 0 Å². The number of nitrogens with one attached hydrogen (secondary N) is 1. The number of nitrogens with zero attached hydrogens (tertiary/aromatic N) is 3. The van der Waals surface area contributed by atoms with Gasteiger partial charge in [0.25, 0.3) is 0 Å². The van der Waals surface area contributed by atoms with E-state index < -0.39 is 0 Å². The zero-order valence-corrected chi connectivity index (χ0v) is 9.84. The first-order valence-electron chi connectivity index (χ1n) is 4.86. The highest BCUT2D eigenvalue weighted by atomic mass is 32.1. The van der Waals surface area contributed by atoms with Crippen LogP contribution in [0.4, 0.5) is 0 Å². The fraction of sp³-hybridized carbons (Fsp3) is 0.778. The van der Waals surface area contributed by atoms with E-state index in [4.69, 9.17) is 0 Å². The minimum absolute atomic E-state index is 0.560. The number of aromatic nitrogens is 2. The second-order valence-electron chi connectivity index (χ2n) is 3.74. The summed E-state index contributed by atoms with van der Waals surface area (Å²) in [7, 11) is 2.10. The maximum Gasteiger partial charge on any atom is 0.0895 e. The second kappa shape index (κ2) is 6.06. The predicted molar refractivity (Wildman–Crippen MR) is 59.4 cm³/mol. The van der Waals surface area contributed by atoms with Crippen molar-refractivity contribution in [2.45, 2.75) is 26.4 Å². The fourth-order valence-electron chi connectivity index (χ4n) is 1.15. The van der Waals surface area contributed by atoms with Crippen LogP contribution in [0.15, 0.2) is 5.38 Å². The maximum atomic E-state index is 4.01. The largest absolute Gasteiger partial charge is 0.313 e. The molecular weight excluding hydrogens is 196 g/mol. The van der Waals surface area contributed by atoms with Crippen molar-refractivity contribution in [1.82, 2.24) is 19.8 Å². The lowest BCUT2D eigenvalue weighted by Gasteiger charge is -2.16. The van der Waals surface area contributed by atoms with Gasteiger partial charge < -0.3 is 5.32 Å². The molecule has 5 heteroatoms. The number of hydrogen-bond donors (Lipinski definition) is 1. The first-order valence-corrected chi connectivity index (χ1v) is 5.70. The molecule has 0 spiro atoms. The van der Waals surface area contributed by atoms with Crippen molar-refractivity contribution in [3.8, 4) is 0 Å². The van der Waals surface area contributed by atoms with E-state index in [-0.39, 0.29) is 0 Å². The first kappa shape index (κ1) is 11.6. The third-order valence-electron chi connectivity index (χ3n) is 1.88. The van der Waals surface area contributed by atoms with E-state index in [0.717, 1.165) is 25.3 Å². The summed E-state index contributed by atoms with van der Waals surface area (Å²) in [6.45, 7) is 7.26. The first-order chi connectivity index (χ1) is 6.68. The van der Waals surface area contributed by atoms with Crippen LogP contribution in [-0.4, -0.2) is 40.7 Å². The summed E-state index contributed by atoms with van der Waals surface area (Å²) in [6, 6.07) is 0.560. The molecule has 0 aliphatic rings. The predicted octanol–water partition coefficient (Wildman–Crippen LogP) is 0.968. The summed E-state index contributed by atoms with van der Waals surface area (Å²) < 4.78 is 3.83. The molecule has 1 aromatic heterocycles. The minimum Gasteiger partial charge on any atom is -0.313 e. The van der Waals surface area contributed by atoms with Crippen LogP contribution in [0.1, 0.15) is 19.5 Å². The van der Waals surface area contributed by atoms with E-state index >= 15 is 0 Å². The van der Waals surface area contributed by atoms with Gasteiger partial charge in [-0.15, -0.1) is 5.10 Å². The molecule has 1 aromatic rings. The molecule has 1 rings (SSSR count). The van der Waals surface area contributed by atoms with Crippen molar-refractivity contribution in [2.24, 2.45) is 0 Å². The molecule has 80 valence electrons. The molecule has 14 heavy (non-hydrogen) atoms. The molecule has 0 bridgehead atoms. The van der Waals surface area contributed by atoms with E-state index in [0.29, 0.717) is 6.04 Å². The van der Waals surface area contributed by atoms with E-state index in [9.17, 15) is 0 Å². The molecule has 1 heterocycles. The summed E-state index contributed by atoms with van der Waals surface area (Å²) in [6.07, 6.45) is 0. The van der Waals surface area contributed by atoms with Gasteiger partial charge in [-0.05, 0) is 18.6 Å². The molecule has 0 saturated carbocycles. The van der Waals surface area contributed by atoms with Crippen molar-refractivity contribution in [3.63, 3.8) is 0 Å². The molecule has 0 saturated heterocycles. The van der Waals surface area contributed by atoms with E-state index in [2.05, 4.69) is 40.7 Å². The Morgan fingerprint density at radius 3 is 2.93 bits per heavy atom. The summed E-state index contributed by atoms with van der Waals surface area (Å²) in [5.74, 6) is 0. The highest BCUT2D eigenvalue weighted by Crippen LogP contribution is 2.00.